The zero-order valence-electron chi connectivity index (χ0n) is 12.5. The van der Waals surface area contributed by atoms with Gasteiger partial charge in [0.1, 0.15) is 12.2 Å². The fourth-order valence-corrected chi connectivity index (χ4v) is 2.48. The van der Waals surface area contributed by atoms with Crippen LogP contribution in [-0.2, 0) is 16.1 Å². The number of anilines is 1. The molecule has 0 atom stereocenters. The molecule has 0 heterocycles. The summed E-state index contributed by atoms with van der Waals surface area (Å²) in [7, 11) is 0. The van der Waals surface area contributed by atoms with E-state index in [9.17, 15) is 14.0 Å². The number of carbonyl (C=O) groups is 2. The van der Waals surface area contributed by atoms with Crippen molar-refractivity contribution in [2.75, 3.05) is 5.32 Å². The van der Waals surface area contributed by atoms with E-state index < -0.39 is 11.8 Å². The lowest BCUT2D eigenvalue weighted by molar-refractivity contribution is -0.126. The third kappa shape index (κ3) is 5.17. The van der Waals surface area contributed by atoms with Gasteiger partial charge in [0.2, 0.25) is 11.8 Å². The van der Waals surface area contributed by atoms with Crippen LogP contribution in [0.5, 0.6) is 0 Å². The highest BCUT2D eigenvalue weighted by atomic mass is 79.9. The van der Waals surface area contributed by atoms with Gasteiger partial charge in [0, 0.05) is 22.3 Å². The Balaban J connectivity index is 1.85. The van der Waals surface area contributed by atoms with Crippen LogP contribution in [0.15, 0.2) is 46.9 Å². The predicted molar refractivity (Wildman–Crippen MR) is 90.4 cm³/mol. The maximum Gasteiger partial charge on any atom is 0.233 e. The van der Waals surface area contributed by atoms with Crippen LogP contribution in [0.25, 0.3) is 0 Å². The highest BCUT2D eigenvalue weighted by Crippen LogP contribution is 2.20. The molecule has 0 fully saturated rings. The van der Waals surface area contributed by atoms with Gasteiger partial charge >= 0.3 is 0 Å². The Kier molecular flexibility index (Phi) is 5.87. The van der Waals surface area contributed by atoms with Crippen LogP contribution >= 0.6 is 15.9 Å². The molecular formula is C17H16BrFN2O2. The monoisotopic (exact) mass is 378 g/mol. The largest absolute Gasteiger partial charge is 0.351 e. The molecule has 2 rings (SSSR count). The van der Waals surface area contributed by atoms with E-state index in [1.807, 2.05) is 13.0 Å². The number of aryl methyl sites for hydroxylation is 1. The van der Waals surface area contributed by atoms with Crippen molar-refractivity contribution in [3.63, 3.8) is 0 Å². The summed E-state index contributed by atoms with van der Waals surface area (Å²) in [6.07, 6.45) is -0.316. The third-order valence-electron chi connectivity index (χ3n) is 3.22. The molecule has 0 aliphatic carbocycles. The molecule has 2 N–H and O–H groups in total. The molecule has 0 bridgehead atoms. The van der Waals surface area contributed by atoms with Crippen LogP contribution in [-0.4, -0.2) is 11.8 Å². The van der Waals surface area contributed by atoms with Gasteiger partial charge in [-0.05, 0) is 36.8 Å². The zero-order chi connectivity index (χ0) is 16.8. The fourth-order valence-electron chi connectivity index (χ4n) is 2.01. The number of hydrogen-bond acceptors (Lipinski definition) is 2. The van der Waals surface area contributed by atoms with E-state index >= 15 is 0 Å². The quantitative estimate of drug-likeness (QED) is 0.781. The van der Waals surface area contributed by atoms with Crippen LogP contribution in [0.2, 0.25) is 0 Å². The van der Waals surface area contributed by atoms with Crippen molar-refractivity contribution < 1.29 is 14.0 Å². The highest BCUT2D eigenvalue weighted by molar-refractivity contribution is 9.10. The van der Waals surface area contributed by atoms with Gasteiger partial charge in [0.25, 0.3) is 0 Å². The third-order valence-corrected chi connectivity index (χ3v) is 3.71. The van der Waals surface area contributed by atoms with Crippen molar-refractivity contribution in [1.82, 2.24) is 5.32 Å². The Morgan fingerprint density at radius 1 is 1.13 bits per heavy atom. The number of halogens is 2. The second-order valence-corrected chi connectivity index (χ2v) is 5.97. The van der Waals surface area contributed by atoms with Crippen molar-refractivity contribution in [3.05, 3.63) is 63.9 Å². The Morgan fingerprint density at radius 3 is 2.57 bits per heavy atom. The molecule has 2 amide bonds. The predicted octanol–water partition coefficient (Wildman–Crippen LogP) is 3.54. The van der Waals surface area contributed by atoms with Gasteiger partial charge in [0.05, 0.1) is 0 Å². The molecule has 4 nitrogen and oxygen atoms in total. The van der Waals surface area contributed by atoms with Crippen LogP contribution in [0.3, 0.4) is 0 Å². The normalized spacial score (nSPS) is 10.2. The van der Waals surface area contributed by atoms with Gasteiger partial charge < -0.3 is 10.6 Å². The van der Waals surface area contributed by atoms with Crippen LogP contribution in [0, 0.1) is 12.7 Å². The van der Waals surface area contributed by atoms with Gasteiger partial charge in [-0.25, -0.2) is 4.39 Å². The van der Waals surface area contributed by atoms with E-state index in [2.05, 4.69) is 26.6 Å². The van der Waals surface area contributed by atoms with Crippen LogP contribution in [0.4, 0.5) is 10.1 Å². The lowest BCUT2D eigenvalue weighted by Crippen LogP contribution is -2.28. The Morgan fingerprint density at radius 2 is 1.87 bits per heavy atom. The second-order valence-electron chi connectivity index (χ2n) is 5.05. The summed E-state index contributed by atoms with van der Waals surface area (Å²) >= 11 is 3.34. The topological polar surface area (TPSA) is 58.2 Å². The molecule has 0 unspecified atom stereocenters. The number of nitrogens with one attached hydrogen (secondary N) is 2. The molecule has 120 valence electrons. The first-order chi connectivity index (χ1) is 11.0. The molecule has 2 aromatic rings. The molecule has 2 aromatic carbocycles. The minimum Gasteiger partial charge on any atom is -0.351 e. The summed E-state index contributed by atoms with van der Waals surface area (Å²) in [5, 5.41) is 5.22. The lowest BCUT2D eigenvalue weighted by atomic mass is 10.2. The molecule has 0 aliphatic heterocycles. The van der Waals surface area contributed by atoms with Gasteiger partial charge in [-0.1, -0.05) is 34.1 Å². The molecule has 0 spiro atoms. The Bertz CT molecular complexity index is 734. The molecule has 23 heavy (non-hydrogen) atoms. The first-order valence-corrected chi connectivity index (χ1v) is 7.81. The first-order valence-electron chi connectivity index (χ1n) is 7.02. The maximum absolute atomic E-state index is 13.4. The van der Waals surface area contributed by atoms with Crippen molar-refractivity contribution in [2.45, 2.75) is 19.9 Å². The molecule has 0 aromatic heterocycles. The number of carbonyl (C=O) groups excluding carboxylic acids is 2. The summed E-state index contributed by atoms with van der Waals surface area (Å²) in [5.74, 6) is -1.26. The average Bonchev–Trinajstić information content (AvgIpc) is 2.49. The van der Waals surface area contributed by atoms with Gasteiger partial charge in [-0.3, -0.25) is 9.59 Å². The van der Waals surface area contributed by atoms with Crippen LogP contribution < -0.4 is 10.6 Å². The zero-order valence-corrected chi connectivity index (χ0v) is 14.1. The maximum atomic E-state index is 13.4. The summed E-state index contributed by atoms with van der Waals surface area (Å²) < 4.78 is 14.3. The van der Waals surface area contributed by atoms with Gasteiger partial charge in [-0.15, -0.1) is 0 Å². The summed E-state index contributed by atoms with van der Waals surface area (Å²) in [4.78, 5) is 23.6. The number of rotatable bonds is 5. The average molecular weight is 379 g/mol. The van der Waals surface area contributed by atoms with Crippen molar-refractivity contribution in [2.24, 2.45) is 0 Å². The highest BCUT2D eigenvalue weighted by Gasteiger charge is 2.11. The second kappa shape index (κ2) is 7.87. The Labute approximate surface area is 142 Å². The molecule has 0 aliphatic rings. The van der Waals surface area contributed by atoms with E-state index in [0.717, 1.165) is 10.0 Å². The fraction of sp³-hybridized carbons (Fsp3) is 0.176. The molecule has 0 saturated heterocycles. The molecular weight excluding hydrogens is 363 g/mol. The van der Waals surface area contributed by atoms with E-state index in [1.165, 1.54) is 6.07 Å². The lowest BCUT2D eigenvalue weighted by Gasteiger charge is -2.09. The van der Waals surface area contributed by atoms with Crippen molar-refractivity contribution in [1.29, 1.82) is 0 Å². The minimum absolute atomic E-state index is 0.0517. The van der Waals surface area contributed by atoms with Crippen LogP contribution in [0.1, 0.15) is 17.5 Å². The van der Waals surface area contributed by atoms with Crippen molar-refractivity contribution >= 4 is 33.4 Å². The SMILES string of the molecule is Cc1cc(Br)ccc1NC(=O)CC(=O)NCc1ccccc1F. The molecule has 0 radical (unpaired) electrons. The van der Waals surface area contributed by atoms with Gasteiger partial charge in [0.15, 0.2) is 0 Å². The van der Waals surface area contributed by atoms with Crippen molar-refractivity contribution in [3.8, 4) is 0 Å². The molecule has 6 heteroatoms. The van der Waals surface area contributed by atoms with E-state index in [-0.39, 0.29) is 18.8 Å². The summed E-state index contributed by atoms with van der Waals surface area (Å²) in [6.45, 7) is 1.91. The number of benzene rings is 2. The van der Waals surface area contributed by atoms with E-state index in [0.29, 0.717) is 11.3 Å². The standard InChI is InChI=1S/C17H16BrFN2O2/c1-11-8-13(18)6-7-15(11)21-17(23)9-16(22)20-10-12-4-2-3-5-14(12)19/h2-8H,9-10H2,1H3,(H,20,22)(H,21,23). The molecule has 0 saturated carbocycles. The number of amides is 2. The summed E-state index contributed by atoms with van der Waals surface area (Å²) in [5.41, 5.74) is 1.92. The Hall–Kier alpha value is -2.21. The minimum atomic E-state index is -0.458. The van der Waals surface area contributed by atoms with E-state index in [4.69, 9.17) is 0 Å². The number of hydrogen-bond donors (Lipinski definition) is 2. The first kappa shape index (κ1) is 17.1. The van der Waals surface area contributed by atoms with E-state index in [1.54, 1.807) is 30.3 Å². The smallest absolute Gasteiger partial charge is 0.233 e. The summed E-state index contributed by atoms with van der Waals surface area (Å²) in [6, 6.07) is 11.6. The van der Waals surface area contributed by atoms with Gasteiger partial charge in [-0.2, -0.15) is 0 Å².